The van der Waals surface area contributed by atoms with Crippen LogP contribution in [0.5, 0.6) is 5.75 Å². The number of benzene rings is 1. The third-order valence-corrected chi connectivity index (χ3v) is 8.53. The van der Waals surface area contributed by atoms with E-state index in [2.05, 4.69) is 10.3 Å². The van der Waals surface area contributed by atoms with E-state index in [4.69, 9.17) is 18.9 Å². The van der Waals surface area contributed by atoms with Crippen LogP contribution in [0.2, 0.25) is 0 Å². The molecule has 1 N–H and O–H groups in total. The summed E-state index contributed by atoms with van der Waals surface area (Å²) in [4.78, 5) is 61.4. The van der Waals surface area contributed by atoms with Crippen LogP contribution < -0.4 is 15.0 Å². The Balaban J connectivity index is 1.77. The SMILES string of the molecule is COC(=O)C1=C(C(=O)OC)[C@@H]2N(C)c3ccc(OC)cc3[C@@]23C[C@@H](C(=O)OC)N(C(=O)NC2CCCCC2)C3=N1. The number of urea groups is 1. The Bertz CT molecular complexity index is 1320. The van der Waals surface area contributed by atoms with E-state index in [0.717, 1.165) is 37.8 Å². The van der Waals surface area contributed by atoms with Crippen LogP contribution in [0.15, 0.2) is 34.5 Å². The Morgan fingerprint density at radius 3 is 2.30 bits per heavy atom. The number of ether oxygens (including phenoxy) is 4. The van der Waals surface area contributed by atoms with Crippen molar-refractivity contribution >= 4 is 35.5 Å². The topological polar surface area (TPSA) is 136 Å². The molecule has 214 valence electrons. The molecule has 5 rings (SSSR count). The van der Waals surface area contributed by atoms with Crippen LogP contribution in [-0.4, -0.2) is 88.3 Å². The number of likely N-dealkylation sites (tertiary alicyclic amines) is 1. The van der Waals surface area contributed by atoms with Crippen molar-refractivity contribution in [2.75, 3.05) is 40.4 Å². The maximum Gasteiger partial charge on any atom is 0.357 e. The molecule has 40 heavy (non-hydrogen) atoms. The van der Waals surface area contributed by atoms with Gasteiger partial charge in [-0.1, -0.05) is 19.3 Å². The first-order chi connectivity index (χ1) is 19.2. The summed E-state index contributed by atoms with van der Waals surface area (Å²) in [7, 11) is 6.98. The molecule has 4 aliphatic rings. The standard InChI is InChI=1S/C28H34N4O8/c1-31-18-12-11-16(37-2)13-17(18)28-14-19(23(33)38-3)32(27(36)29-15-9-7-6-8-10-15)26(28)30-21(25(35)40-5)20(22(28)31)24(34)39-4/h11-13,15,19,22H,6-10,14H2,1-5H3,(H,29,36)/t19-,22-,28-/m0/s1. The van der Waals surface area contributed by atoms with Crippen molar-refractivity contribution in [1.29, 1.82) is 0 Å². The first-order valence-corrected chi connectivity index (χ1v) is 13.3. The minimum atomic E-state index is -1.19. The van der Waals surface area contributed by atoms with Gasteiger partial charge in [-0.2, -0.15) is 0 Å². The van der Waals surface area contributed by atoms with Gasteiger partial charge >= 0.3 is 23.9 Å². The maximum atomic E-state index is 14.0. The second-order valence-corrected chi connectivity index (χ2v) is 10.4. The summed E-state index contributed by atoms with van der Waals surface area (Å²) in [6.45, 7) is 0. The number of anilines is 1. The highest BCUT2D eigenvalue weighted by atomic mass is 16.5. The summed E-state index contributed by atoms with van der Waals surface area (Å²) in [5, 5.41) is 3.08. The minimum absolute atomic E-state index is 0.0195. The van der Waals surface area contributed by atoms with Gasteiger partial charge in [0.1, 0.15) is 17.6 Å². The van der Waals surface area contributed by atoms with Crippen molar-refractivity contribution in [1.82, 2.24) is 10.2 Å². The molecule has 0 unspecified atom stereocenters. The van der Waals surface area contributed by atoms with E-state index in [-0.39, 0.29) is 29.6 Å². The number of amidine groups is 1. The van der Waals surface area contributed by atoms with E-state index in [1.165, 1.54) is 33.3 Å². The molecule has 1 saturated carbocycles. The molecule has 3 atom stereocenters. The van der Waals surface area contributed by atoms with Gasteiger partial charge < -0.3 is 29.2 Å². The van der Waals surface area contributed by atoms with E-state index in [1.54, 1.807) is 13.1 Å². The fourth-order valence-corrected chi connectivity index (χ4v) is 6.75. The minimum Gasteiger partial charge on any atom is -0.497 e. The van der Waals surface area contributed by atoms with Crippen molar-refractivity contribution in [3.63, 3.8) is 0 Å². The molecule has 12 heteroatoms. The van der Waals surface area contributed by atoms with Gasteiger partial charge in [-0.15, -0.1) is 0 Å². The molecule has 1 aromatic carbocycles. The van der Waals surface area contributed by atoms with Gasteiger partial charge in [-0.25, -0.2) is 24.2 Å². The van der Waals surface area contributed by atoms with Gasteiger partial charge in [0.2, 0.25) is 0 Å². The van der Waals surface area contributed by atoms with Gasteiger partial charge in [-0.05, 0) is 43.0 Å². The predicted molar refractivity (Wildman–Crippen MR) is 143 cm³/mol. The number of hydrogen-bond acceptors (Lipinski definition) is 10. The lowest BCUT2D eigenvalue weighted by Crippen LogP contribution is -2.57. The summed E-state index contributed by atoms with van der Waals surface area (Å²) in [5.41, 5.74) is -0.0661. The van der Waals surface area contributed by atoms with Crippen LogP contribution in [-0.2, 0) is 34.0 Å². The van der Waals surface area contributed by atoms with E-state index in [9.17, 15) is 19.2 Å². The Kier molecular flexibility index (Phi) is 7.19. The lowest BCUT2D eigenvalue weighted by Gasteiger charge is -2.39. The monoisotopic (exact) mass is 554 g/mol. The average molecular weight is 555 g/mol. The Morgan fingerprint density at radius 2 is 1.68 bits per heavy atom. The molecule has 12 nitrogen and oxygen atoms in total. The fourth-order valence-electron chi connectivity index (χ4n) is 6.75. The second kappa shape index (κ2) is 10.5. The molecule has 1 aromatic rings. The van der Waals surface area contributed by atoms with Crippen LogP contribution in [0, 0.1) is 0 Å². The fraction of sp³-hybridized carbons (Fsp3) is 0.536. The van der Waals surface area contributed by atoms with Crippen molar-refractivity contribution in [2.45, 2.75) is 62.1 Å². The van der Waals surface area contributed by atoms with Gasteiger partial charge in [0, 0.05) is 18.8 Å². The molecular weight excluding hydrogens is 520 g/mol. The molecule has 2 amide bonds. The number of methoxy groups -OCH3 is 4. The number of hydrogen-bond donors (Lipinski definition) is 1. The summed E-state index contributed by atoms with van der Waals surface area (Å²) < 4.78 is 20.8. The summed E-state index contributed by atoms with van der Waals surface area (Å²) >= 11 is 0. The molecule has 3 heterocycles. The Hall–Kier alpha value is -4.09. The quantitative estimate of drug-likeness (QED) is 0.428. The number of nitrogens with one attached hydrogen (secondary N) is 1. The van der Waals surface area contributed by atoms with Crippen LogP contribution in [0.3, 0.4) is 0 Å². The number of carbonyl (C=O) groups is 4. The molecule has 1 spiro atoms. The predicted octanol–water partition coefficient (Wildman–Crippen LogP) is 2.05. The summed E-state index contributed by atoms with van der Waals surface area (Å²) in [6, 6.07) is 2.94. The molecule has 0 bridgehead atoms. The van der Waals surface area contributed by atoms with Crippen molar-refractivity contribution in [2.24, 2.45) is 4.99 Å². The first kappa shape index (κ1) is 27.5. The number of fused-ring (bicyclic) bond motifs is 1. The van der Waals surface area contributed by atoms with Gasteiger partial charge in [0.05, 0.1) is 45.5 Å². The lowest BCUT2D eigenvalue weighted by atomic mass is 9.69. The van der Waals surface area contributed by atoms with E-state index in [1.807, 2.05) is 17.0 Å². The maximum absolute atomic E-state index is 14.0. The zero-order valence-corrected chi connectivity index (χ0v) is 23.3. The van der Waals surface area contributed by atoms with Gasteiger partial charge in [-0.3, -0.25) is 4.90 Å². The smallest absolute Gasteiger partial charge is 0.357 e. The van der Waals surface area contributed by atoms with Gasteiger partial charge in [0.15, 0.2) is 5.70 Å². The molecule has 2 fully saturated rings. The number of carbonyl (C=O) groups excluding carboxylic acids is 4. The Morgan fingerprint density at radius 1 is 0.975 bits per heavy atom. The molecule has 0 radical (unpaired) electrons. The summed E-state index contributed by atoms with van der Waals surface area (Å²) in [5.74, 6) is -1.56. The van der Waals surface area contributed by atoms with Crippen LogP contribution >= 0.6 is 0 Å². The normalized spacial score (nSPS) is 25.4. The highest BCUT2D eigenvalue weighted by molar-refractivity contribution is 6.17. The molecular formula is C28H34N4O8. The van der Waals surface area contributed by atoms with Crippen LogP contribution in [0.1, 0.15) is 44.1 Å². The van der Waals surface area contributed by atoms with Crippen LogP contribution in [0.4, 0.5) is 10.5 Å². The Labute approximate surface area is 232 Å². The number of aliphatic imine (C=N–C) groups is 1. The van der Waals surface area contributed by atoms with Gasteiger partial charge in [0.25, 0.3) is 0 Å². The zero-order valence-electron chi connectivity index (χ0n) is 23.3. The average Bonchev–Trinajstić information content (AvgIpc) is 3.46. The van der Waals surface area contributed by atoms with Crippen molar-refractivity contribution in [3.8, 4) is 5.75 Å². The number of amides is 2. The number of rotatable bonds is 5. The lowest BCUT2D eigenvalue weighted by molar-refractivity contribution is -0.144. The van der Waals surface area contributed by atoms with E-state index < -0.39 is 41.4 Å². The van der Waals surface area contributed by atoms with Crippen LogP contribution in [0.25, 0.3) is 0 Å². The van der Waals surface area contributed by atoms with E-state index >= 15 is 0 Å². The highest BCUT2D eigenvalue weighted by Crippen LogP contribution is 2.58. The largest absolute Gasteiger partial charge is 0.497 e. The number of esters is 3. The molecule has 1 aliphatic carbocycles. The molecule has 0 aromatic heterocycles. The third kappa shape index (κ3) is 3.99. The molecule has 3 aliphatic heterocycles. The number of nitrogens with zero attached hydrogens (tertiary/aromatic N) is 3. The highest BCUT2D eigenvalue weighted by Gasteiger charge is 2.67. The molecule has 1 saturated heterocycles. The second-order valence-electron chi connectivity index (χ2n) is 10.4. The van der Waals surface area contributed by atoms with Crippen molar-refractivity contribution < 1.29 is 38.1 Å². The number of likely N-dealkylation sites (N-methyl/N-ethyl adjacent to an activating group) is 1. The van der Waals surface area contributed by atoms with E-state index in [0.29, 0.717) is 11.3 Å². The third-order valence-electron chi connectivity index (χ3n) is 8.53. The van der Waals surface area contributed by atoms with Crippen molar-refractivity contribution in [3.05, 3.63) is 35.0 Å². The first-order valence-electron chi connectivity index (χ1n) is 13.3. The zero-order chi connectivity index (χ0) is 28.8. The summed E-state index contributed by atoms with van der Waals surface area (Å²) in [6.07, 6.45) is 4.80.